The highest BCUT2D eigenvalue weighted by Crippen LogP contribution is 2.51. The molecule has 0 radical (unpaired) electrons. The molecule has 2 aliphatic carbocycles. The Kier molecular flexibility index (Phi) is 4.76. The second kappa shape index (κ2) is 7.69. The molecule has 2 fully saturated rings. The minimum atomic E-state index is -0.126. The van der Waals surface area contributed by atoms with Crippen molar-refractivity contribution in [3.8, 4) is 0 Å². The molecule has 9 nitrogen and oxygen atoms in total. The Bertz CT molecular complexity index is 1200. The summed E-state index contributed by atoms with van der Waals surface area (Å²) < 4.78 is 1.79. The number of fused-ring (bicyclic) bond motifs is 2. The van der Waals surface area contributed by atoms with E-state index in [0.717, 1.165) is 54.4 Å². The number of anilines is 1. The molecule has 3 aromatic rings. The number of aliphatic hydroxyl groups excluding tert-OH is 1. The zero-order valence-electron chi connectivity index (χ0n) is 19.0. The van der Waals surface area contributed by atoms with Crippen molar-refractivity contribution >= 4 is 11.7 Å². The summed E-state index contributed by atoms with van der Waals surface area (Å²) >= 11 is 0. The number of hydrogen-bond donors (Lipinski definition) is 3. The first kappa shape index (κ1) is 20.4. The molecule has 1 amide bonds. The van der Waals surface area contributed by atoms with Gasteiger partial charge in [-0.3, -0.25) is 14.6 Å². The number of H-pyrrole nitrogens is 1. The second-order valence-corrected chi connectivity index (χ2v) is 9.70. The highest BCUT2D eigenvalue weighted by molar-refractivity contribution is 5.94. The van der Waals surface area contributed by atoms with E-state index in [-0.39, 0.29) is 11.9 Å². The summed E-state index contributed by atoms with van der Waals surface area (Å²) in [6.45, 7) is 6.88. The number of hydrogen-bond acceptors (Lipinski definition) is 6. The molecule has 4 atom stereocenters. The van der Waals surface area contributed by atoms with Crippen molar-refractivity contribution in [3.63, 3.8) is 0 Å². The van der Waals surface area contributed by atoms with Crippen LogP contribution < -0.4 is 10.2 Å². The van der Waals surface area contributed by atoms with Crippen LogP contribution in [0.3, 0.4) is 0 Å². The van der Waals surface area contributed by atoms with E-state index in [0.29, 0.717) is 36.5 Å². The number of aryl methyl sites for hydroxylation is 2. The summed E-state index contributed by atoms with van der Waals surface area (Å²) in [5.41, 5.74) is 5.87. The quantitative estimate of drug-likeness (QED) is 0.531. The van der Waals surface area contributed by atoms with Gasteiger partial charge in [-0.05, 0) is 61.6 Å². The number of rotatable bonds is 6. The van der Waals surface area contributed by atoms with Gasteiger partial charge in [0.25, 0.3) is 5.91 Å². The lowest BCUT2D eigenvalue weighted by Gasteiger charge is -2.21. The number of aromatic amines is 1. The molecule has 3 N–H and O–H groups in total. The fourth-order valence-electron chi connectivity index (χ4n) is 5.65. The highest BCUT2D eigenvalue weighted by atomic mass is 16.3. The van der Waals surface area contributed by atoms with Gasteiger partial charge >= 0.3 is 0 Å². The van der Waals surface area contributed by atoms with Gasteiger partial charge in [-0.25, -0.2) is 4.98 Å². The predicted octanol–water partition coefficient (Wildman–Crippen LogP) is 1.76. The Morgan fingerprint density at radius 2 is 2.09 bits per heavy atom. The molecule has 4 heterocycles. The van der Waals surface area contributed by atoms with Gasteiger partial charge in [-0.2, -0.15) is 10.2 Å². The third-order valence-corrected chi connectivity index (χ3v) is 7.74. The first-order chi connectivity index (χ1) is 16.0. The zero-order valence-corrected chi connectivity index (χ0v) is 19.0. The summed E-state index contributed by atoms with van der Waals surface area (Å²) in [7, 11) is 0. The lowest BCUT2D eigenvalue weighted by molar-refractivity contribution is 0.0935. The van der Waals surface area contributed by atoms with E-state index in [1.807, 2.05) is 13.8 Å². The molecule has 0 aromatic carbocycles. The van der Waals surface area contributed by atoms with Crippen LogP contribution in [0.2, 0.25) is 0 Å². The first-order valence-corrected chi connectivity index (χ1v) is 11.7. The van der Waals surface area contributed by atoms with E-state index >= 15 is 0 Å². The van der Waals surface area contributed by atoms with Crippen molar-refractivity contribution in [2.24, 2.45) is 17.8 Å². The van der Waals surface area contributed by atoms with Crippen molar-refractivity contribution in [3.05, 3.63) is 58.3 Å². The molecule has 0 bridgehead atoms. The molecule has 33 heavy (non-hydrogen) atoms. The van der Waals surface area contributed by atoms with Gasteiger partial charge in [0.15, 0.2) is 0 Å². The number of piperidine rings is 1. The fourth-order valence-corrected chi connectivity index (χ4v) is 5.65. The third kappa shape index (κ3) is 3.51. The molecule has 3 aliphatic rings. The molecular formula is C24H29N7O2. The van der Waals surface area contributed by atoms with Gasteiger partial charge in [0, 0.05) is 37.3 Å². The topological polar surface area (TPSA) is 112 Å². The number of pyridine rings is 1. The maximum atomic E-state index is 12.8. The van der Waals surface area contributed by atoms with Gasteiger partial charge in [-0.1, -0.05) is 6.07 Å². The van der Waals surface area contributed by atoms with Gasteiger partial charge in [-0.15, -0.1) is 0 Å². The van der Waals surface area contributed by atoms with Gasteiger partial charge in [0.05, 0.1) is 30.0 Å². The van der Waals surface area contributed by atoms with Crippen LogP contribution in [0.4, 0.5) is 5.82 Å². The summed E-state index contributed by atoms with van der Waals surface area (Å²) in [6, 6.07) is 4.12. The number of amides is 1. The molecule has 1 saturated carbocycles. The first-order valence-electron chi connectivity index (χ1n) is 11.7. The van der Waals surface area contributed by atoms with Crippen LogP contribution >= 0.6 is 0 Å². The zero-order chi connectivity index (χ0) is 22.7. The highest BCUT2D eigenvalue weighted by Gasteiger charge is 2.55. The van der Waals surface area contributed by atoms with Crippen molar-refractivity contribution in [2.45, 2.75) is 39.3 Å². The normalized spacial score (nSPS) is 25.2. The van der Waals surface area contributed by atoms with E-state index in [1.54, 1.807) is 17.1 Å². The van der Waals surface area contributed by atoms with E-state index in [1.165, 1.54) is 5.56 Å². The largest absolute Gasteiger partial charge is 0.396 e. The maximum absolute atomic E-state index is 12.8. The van der Waals surface area contributed by atoms with Crippen LogP contribution in [-0.4, -0.2) is 55.7 Å². The SMILES string of the molecule is Cc1nc(N2CC3C(CO)[C@H]3C2)ccc1Cn1cc(C(=O)N[C@@H]2CCc3c2n[nH]c3C)cn1. The minimum Gasteiger partial charge on any atom is -0.396 e. The van der Waals surface area contributed by atoms with Crippen LogP contribution in [0, 0.1) is 31.6 Å². The average molecular weight is 448 g/mol. The lowest BCUT2D eigenvalue weighted by atomic mass is 10.2. The van der Waals surface area contributed by atoms with Gasteiger partial charge in [0.1, 0.15) is 5.82 Å². The number of carbonyl (C=O) groups is 1. The van der Waals surface area contributed by atoms with Crippen LogP contribution in [0.25, 0.3) is 0 Å². The Morgan fingerprint density at radius 3 is 2.85 bits per heavy atom. The average Bonchev–Trinajstić information content (AvgIpc) is 3.36. The van der Waals surface area contributed by atoms with Crippen LogP contribution in [0.1, 0.15) is 51.0 Å². The molecular weight excluding hydrogens is 418 g/mol. The van der Waals surface area contributed by atoms with E-state index < -0.39 is 0 Å². The third-order valence-electron chi connectivity index (χ3n) is 7.74. The smallest absolute Gasteiger partial charge is 0.255 e. The number of nitrogens with one attached hydrogen (secondary N) is 2. The van der Waals surface area contributed by atoms with Gasteiger partial charge in [0.2, 0.25) is 0 Å². The summed E-state index contributed by atoms with van der Waals surface area (Å²) in [4.78, 5) is 19.9. The number of aliphatic hydroxyl groups is 1. The molecule has 2 unspecified atom stereocenters. The Labute approximate surface area is 192 Å². The number of nitrogens with zero attached hydrogens (tertiary/aromatic N) is 5. The number of carbonyl (C=O) groups excluding carboxylic acids is 1. The molecule has 172 valence electrons. The Hall–Kier alpha value is -3.20. The van der Waals surface area contributed by atoms with Crippen molar-refractivity contribution in [1.82, 2.24) is 30.3 Å². The molecule has 3 aromatic heterocycles. The monoisotopic (exact) mass is 447 g/mol. The van der Waals surface area contributed by atoms with Crippen LogP contribution in [-0.2, 0) is 13.0 Å². The predicted molar refractivity (Wildman–Crippen MR) is 122 cm³/mol. The number of aromatic nitrogens is 5. The van der Waals surface area contributed by atoms with Crippen molar-refractivity contribution < 1.29 is 9.90 Å². The summed E-state index contributed by atoms with van der Waals surface area (Å²) in [5.74, 6) is 2.62. The molecule has 1 aliphatic heterocycles. The van der Waals surface area contributed by atoms with Crippen LogP contribution in [0.15, 0.2) is 24.5 Å². The lowest BCUT2D eigenvalue weighted by Crippen LogP contribution is -2.27. The Balaban J connectivity index is 1.09. The van der Waals surface area contributed by atoms with Gasteiger partial charge < -0.3 is 15.3 Å². The summed E-state index contributed by atoms with van der Waals surface area (Å²) in [5, 5.41) is 24.2. The molecule has 0 spiro atoms. The second-order valence-electron chi connectivity index (χ2n) is 9.70. The van der Waals surface area contributed by atoms with Crippen LogP contribution in [0.5, 0.6) is 0 Å². The molecule has 1 saturated heterocycles. The minimum absolute atomic E-state index is 0.0518. The van der Waals surface area contributed by atoms with Crippen molar-refractivity contribution in [1.29, 1.82) is 0 Å². The fraction of sp³-hybridized carbons (Fsp3) is 0.500. The molecule has 6 rings (SSSR count). The molecule has 9 heteroatoms. The van der Waals surface area contributed by atoms with E-state index in [4.69, 9.17) is 4.98 Å². The Morgan fingerprint density at radius 1 is 1.27 bits per heavy atom. The summed E-state index contributed by atoms with van der Waals surface area (Å²) in [6.07, 6.45) is 5.22. The van der Waals surface area contributed by atoms with E-state index in [2.05, 4.69) is 37.6 Å². The van der Waals surface area contributed by atoms with Crippen molar-refractivity contribution in [2.75, 3.05) is 24.6 Å². The maximum Gasteiger partial charge on any atom is 0.255 e. The van der Waals surface area contributed by atoms with E-state index in [9.17, 15) is 9.90 Å². The standard InChI is InChI=1S/C24H29N7O2/c1-13-15(3-6-22(26-13)30-10-18-19(11-30)20(18)12-32)8-31-9-16(7-25-31)24(33)27-21-5-4-17-14(2)28-29-23(17)21/h3,6-7,9,18-21,32H,4-5,8,10-12H2,1-2H3,(H,27,33)(H,28,29)/t18-,19?,20?,21+/m0/s1.